The number of hydrogen-bond donors (Lipinski definition) is 1. The van der Waals surface area contributed by atoms with Crippen molar-refractivity contribution in [2.75, 3.05) is 19.6 Å². The minimum absolute atomic E-state index is 0. The van der Waals surface area contributed by atoms with Crippen molar-refractivity contribution in [3.05, 3.63) is 53.9 Å². The Balaban J connectivity index is 0.00000130. The molecule has 1 aromatic carbocycles. The van der Waals surface area contributed by atoms with E-state index in [4.69, 9.17) is 4.74 Å². The topological polar surface area (TPSA) is 27.7 Å². The van der Waals surface area contributed by atoms with Crippen molar-refractivity contribution in [1.82, 2.24) is 15.1 Å². The number of nitrogens with one attached hydrogen (secondary N) is 1. The van der Waals surface area contributed by atoms with Gasteiger partial charge in [0.15, 0.2) is 0 Å². The summed E-state index contributed by atoms with van der Waals surface area (Å²) < 4.78 is 20.6. The highest BCUT2D eigenvalue weighted by Crippen LogP contribution is 2.66. The van der Waals surface area contributed by atoms with Gasteiger partial charge in [-0.15, -0.1) is 0 Å². The quantitative estimate of drug-likeness (QED) is 0.665. The van der Waals surface area contributed by atoms with Crippen molar-refractivity contribution < 1.29 is 9.13 Å². The lowest BCUT2D eigenvalue weighted by molar-refractivity contribution is -0.0188. The normalized spacial score (nSPS) is 38.0. The van der Waals surface area contributed by atoms with Gasteiger partial charge in [-0.2, -0.15) is 0 Å². The first-order valence-electron chi connectivity index (χ1n) is 12.1. The van der Waals surface area contributed by atoms with Gasteiger partial charge >= 0.3 is 0 Å². The molecule has 3 aliphatic heterocycles. The minimum atomic E-state index is -0.178. The summed E-state index contributed by atoms with van der Waals surface area (Å²) in [5.41, 5.74) is 1.17. The van der Waals surface area contributed by atoms with Crippen LogP contribution in [0.3, 0.4) is 0 Å². The molecule has 5 aliphatic rings. The Hall–Kier alpha value is -1.69. The highest BCUT2D eigenvalue weighted by Gasteiger charge is 2.77. The van der Waals surface area contributed by atoms with Crippen LogP contribution in [0.25, 0.3) is 0 Å². The first kappa shape index (κ1) is 24.4. The molecule has 1 saturated carbocycles. The molecule has 1 N–H and O–H groups in total. The summed E-state index contributed by atoms with van der Waals surface area (Å²) in [6.45, 7) is 7.93. The highest BCUT2D eigenvalue weighted by atomic mass is 19.1. The number of likely N-dealkylation sites (tertiary alicyclic amines) is 1. The Bertz CT molecular complexity index is 909. The second-order valence-electron chi connectivity index (χ2n) is 10.4. The van der Waals surface area contributed by atoms with E-state index in [1.54, 1.807) is 0 Å². The summed E-state index contributed by atoms with van der Waals surface area (Å²) >= 11 is 0. The summed E-state index contributed by atoms with van der Waals surface area (Å²) in [5, 5.41) is 3.87. The van der Waals surface area contributed by atoms with Crippen LogP contribution in [0.2, 0.25) is 0 Å². The third kappa shape index (κ3) is 3.77. The van der Waals surface area contributed by atoms with Crippen molar-refractivity contribution in [2.24, 2.45) is 0 Å². The van der Waals surface area contributed by atoms with Gasteiger partial charge in [0, 0.05) is 37.8 Å². The van der Waals surface area contributed by atoms with Crippen LogP contribution >= 0.6 is 0 Å². The highest BCUT2D eigenvalue weighted by molar-refractivity contribution is 5.57. The lowest BCUT2D eigenvalue weighted by Gasteiger charge is -2.56. The number of allylic oxidation sites excluding steroid dienone is 2. The number of nitrogens with zero attached hydrogens (tertiary/aromatic N) is 2. The SMILES string of the molecule is C.C.CC1NC23C=C(F)C=C4CCC(C)N(C1CN1CCC(Oc5ccccc5)CC1)C42C3. The molecule has 5 atom stereocenters. The van der Waals surface area contributed by atoms with Crippen molar-refractivity contribution in [3.8, 4) is 5.75 Å². The van der Waals surface area contributed by atoms with Gasteiger partial charge in [-0.25, -0.2) is 4.39 Å². The number of ether oxygens (including phenoxy) is 1. The van der Waals surface area contributed by atoms with Gasteiger partial charge in [0.1, 0.15) is 17.7 Å². The molecular weight excluding hydrogens is 413 g/mol. The monoisotopic (exact) mass is 455 g/mol. The summed E-state index contributed by atoms with van der Waals surface area (Å²) in [7, 11) is 0. The Morgan fingerprint density at radius 2 is 1.82 bits per heavy atom. The van der Waals surface area contributed by atoms with Crippen LogP contribution in [-0.2, 0) is 0 Å². The number of rotatable bonds is 4. The van der Waals surface area contributed by atoms with E-state index < -0.39 is 0 Å². The van der Waals surface area contributed by atoms with Crippen LogP contribution < -0.4 is 10.1 Å². The Kier molecular flexibility index (Phi) is 6.54. The molecule has 4 nitrogen and oxygen atoms in total. The van der Waals surface area contributed by atoms with E-state index in [9.17, 15) is 4.39 Å². The van der Waals surface area contributed by atoms with Crippen molar-refractivity contribution in [1.29, 1.82) is 0 Å². The Morgan fingerprint density at radius 3 is 2.55 bits per heavy atom. The number of benzene rings is 1. The van der Waals surface area contributed by atoms with Crippen molar-refractivity contribution >= 4 is 0 Å². The molecule has 5 heteroatoms. The van der Waals surface area contributed by atoms with E-state index in [2.05, 4.69) is 29.0 Å². The van der Waals surface area contributed by atoms with Crippen molar-refractivity contribution in [3.63, 3.8) is 0 Å². The van der Waals surface area contributed by atoms with Crippen LogP contribution in [0.5, 0.6) is 5.75 Å². The van der Waals surface area contributed by atoms with E-state index in [1.165, 1.54) is 5.57 Å². The Morgan fingerprint density at radius 1 is 1.09 bits per heavy atom. The third-order valence-corrected chi connectivity index (χ3v) is 8.57. The second kappa shape index (κ2) is 8.83. The van der Waals surface area contributed by atoms with Gasteiger partial charge in [0.2, 0.25) is 0 Å². The maximum absolute atomic E-state index is 14.4. The molecule has 0 radical (unpaired) electrons. The number of piperidine rings is 2. The molecule has 1 aromatic rings. The summed E-state index contributed by atoms with van der Waals surface area (Å²) in [6, 6.07) is 11.5. The lowest BCUT2D eigenvalue weighted by Crippen LogP contribution is -2.72. The molecule has 33 heavy (non-hydrogen) atoms. The molecule has 1 spiro atoms. The van der Waals surface area contributed by atoms with Crippen LogP contribution in [0, 0.1) is 0 Å². The van der Waals surface area contributed by atoms with Gasteiger partial charge in [-0.05, 0) is 75.8 Å². The van der Waals surface area contributed by atoms with Crippen LogP contribution in [-0.4, -0.2) is 64.7 Å². The summed E-state index contributed by atoms with van der Waals surface area (Å²) in [5.74, 6) is 0.936. The van der Waals surface area contributed by atoms with Gasteiger partial charge in [-0.3, -0.25) is 4.90 Å². The van der Waals surface area contributed by atoms with Crippen LogP contribution in [0.15, 0.2) is 53.9 Å². The first-order chi connectivity index (χ1) is 15.0. The zero-order valence-electron chi connectivity index (χ0n) is 18.7. The van der Waals surface area contributed by atoms with Gasteiger partial charge < -0.3 is 15.0 Å². The summed E-state index contributed by atoms with van der Waals surface area (Å²) in [6.07, 6.45) is 9.37. The smallest absolute Gasteiger partial charge is 0.121 e. The molecule has 0 aromatic heterocycles. The van der Waals surface area contributed by atoms with Gasteiger partial charge in [-0.1, -0.05) is 33.1 Å². The van der Waals surface area contributed by atoms with E-state index in [-0.39, 0.29) is 31.8 Å². The molecule has 4 fully saturated rings. The predicted octanol–water partition coefficient (Wildman–Crippen LogP) is 5.32. The zero-order chi connectivity index (χ0) is 21.2. The molecule has 2 aliphatic carbocycles. The largest absolute Gasteiger partial charge is 0.490 e. The standard InChI is InChI=1S/C26H34FN3O.2CH4/c1-18-8-9-20-14-21(27)15-25-17-26(20,25)30(18)24(19(2)28-25)16-29-12-10-23(11-13-29)31-22-6-4-3-5-7-22;;/h3-7,14-15,18-19,23-24,28H,8-13,16-17H2,1-2H3;2*1H4. The number of halogens is 1. The van der Waals surface area contributed by atoms with Gasteiger partial charge in [0.05, 0.1) is 11.1 Å². The molecule has 182 valence electrons. The lowest BCUT2D eigenvalue weighted by atomic mass is 9.78. The molecule has 6 rings (SSSR count). The summed E-state index contributed by atoms with van der Waals surface area (Å²) in [4.78, 5) is 5.42. The van der Waals surface area contributed by atoms with E-state index >= 15 is 0 Å². The number of hydrogen-bond acceptors (Lipinski definition) is 4. The fourth-order valence-electron chi connectivity index (χ4n) is 7.12. The molecule has 0 bridgehead atoms. The third-order valence-electron chi connectivity index (χ3n) is 8.57. The van der Waals surface area contributed by atoms with E-state index in [1.807, 2.05) is 42.5 Å². The Labute approximate surface area is 199 Å². The van der Waals surface area contributed by atoms with E-state index in [0.717, 1.165) is 57.5 Å². The fraction of sp³-hybridized carbons (Fsp3) is 0.643. The maximum Gasteiger partial charge on any atom is 0.121 e. The maximum atomic E-state index is 14.4. The molecule has 5 unspecified atom stereocenters. The van der Waals surface area contributed by atoms with Gasteiger partial charge in [0.25, 0.3) is 0 Å². The minimum Gasteiger partial charge on any atom is -0.490 e. The predicted molar refractivity (Wildman–Crippen MR) is 134 cm³/mol. The first-order valence-corrected chi connectivity index (χ1v) is 12.1. The van der Waals surface area contributed by atoms with Crippen LogP contribution in [0.4, 0.5) is 4.39 Å². The average molecular weight is 456 g/mol. The van der Waals surface area contributed by atoms with E-state index in [0.29, 0.717) is 24.2 Å². The van der Waals surface area contributed by atoms with Crippen LogP contribution in [0.1, 0.15) is 60.8 Å². The molecule has 0 amide bonds. The number of piperazine rings is 1. The fourth-order valence-corrected chi connectivity index (χ4v) is 7.12. The molecule has 3 saturated heterocycles. The van der Waals surface area contributed by atoms with Crippen molar-refractivity contribution in [2.45, 2.75) is 96.1 Å². The second-order valence-corrected chi connectivity index (χ2v) is 10.4. The molecule has 3 heterocycles. The zero-order valence-corrected chi connectivity index (χ0v) is 18.7. The number of para-hydroxylation sites is 1. The molecular formula is C28H42FN3O. The average Bonchev–Trinajstić information content (AvgIpc) is 3.41.